The summed E-state index contributed by atoms with van der Waals surface area (Å²) in [5, 5.41) is 7.86. The highest BCUT2D eigenvalue weighted by Crippen LogP contribution is 2.37. The minimum Gasteiger partial charge on any atom is -0.330 e. The van der Waals surface area contributed by atoms with Crippen LogP contribution in [0.1, 0.15) is 24.4 Å². The molecule has 0 fully saturated rings. The molecule has 118 valence electrons. The predicted molar refractivity (Wildman–Crippen MR) is 103 cm³/mol. The monoisotopic (exact) mass is 324 g/mol. The highest BCUT2D eigenvalue weighted by Gasteiger charge is 2.14. The van der Waals surface area contributed by atoms with Gasteiger partial charge in [-0.1, -0.05) is 54.6 Å². The Morgan fingerprint density at radius 1 is 0.783 bits per heavy atom. The van der Waals surface area contributed by atoms with Gasteiger partial charge in [0.25, 0.3) is 0 Å². The van der Waals surface area contributed by atoms with E-state index < -0.39 is 0 Å². The van der Waals surface area contributed by atoms with Crippen LogP contribution in [-0.4, -0.2) is 6.54 Å². The molecule has 1 atom stereocenters. The Kier molecular flexibility index (Phi) is 4.40. The molecule has 0 heterocycles. The van der Waals surface area contributed by atoms with Crippen molar-refractivity contribution in [3.63, 3.8) is 0 Å². The second-order valence-corrected chi connectivity index (χ2v) is 6.05. The van der Waals surface area contributed by atoms with Gasteiger partial charge in [0.05, 0.1) is 0 Å². The van der Waals surface area contributed by atoms with Gasteiger partial charge < -0.3 is 11.5 Å². The summed E-state index contributed by atoms with van der Waals surface area (Å²) in [5.74, 6) is 0. The highest BCUT2D eigenvalue weighted by atomic mass is 35.5. The third kappa shape index (κ3) is 2.53. The Bertz CT molecular complexity index is 932. The van der Waals surface area contributed by atoms with Gasteiger partial charge in [0.2, 0.25) is 0 Å². The van der Waals surface area contributed by atoms with Crippen molar-refractivity contribution in [2.45, 2.75) is 18.9 Å². The van der Waals surface area contributed by atoms with Gasteiger partial charge in [0, 0.05) is 6.04 Å². The fourth-order valence-corrected chi connectivity index (χ4v) is 3.57. The standard InChI is InChI=1S/C20H20N2.ClH/c21-12-2-5-18(22)16-10-8-15-7-6-13-3-1-4-14-9-11-17(16)20(15)19(13)14;/h1,3-4,6-11,18H,2,5,12,21-22H2;1H/t18-;/m0./s1. The van der Waals surface area contributed by atoms with E-state index in [0.29, 0.717) is 6.54 Å². The van der Waals surface area contributed by atoms with E-state index in [-0.39, 0.29) is 18.4 Å². The van der Waals surface area contributed by atoms with Crippen LogP contribution < -0.4 is 11.5 Å². The topological polar surface area (TPSA) is 52.0 Å². The van der Waals surface area contributed by atoms with Crippen LogP contribution in [0.5, 0.6) is 0 Å². The molecule has 0 saturated carbocycles. The molecule has 0 aliphatic rings. The molecule has 0 unspecified atom stereocenters. The van der Waals surface area contributed by atoms with Crippen molar-refractivity contribution in [1.29, 1.82) is 0 Å². The number of benzene rings is 4. The van der Waals surface area contributed by atoms with Crippen LogP contribution in [0, 0.1) is 0 Å². The van der Waals surface area contributed by atoms with E-state index >= 15 is 0 Å². The van der Waals surface area contributed by atoms with E-state index in [1.165, 1.54) is 37.9 Å². The summed E-state index contributed by atoms with van der Waals surface area (Å²) in [5.41, 5.74) is 13.3. The lowest BCUT2D eigenvalue weighted by Crippen LogP contribution is -2.13. The van der Waals surface area contributed by atoms with Crippen molar-refractivity contribution < 1.29 is 0 Å². The van der Waals surface area contributed by atoms with Gasteiger partial charge in [-0.25, -0.2) is 0 Å². The molecule has 0 bridgehead atoms. The Morgan fingerprint density at radius 2 is 1.39 bits per heavy atom. The largest absolute Gasteiger partial charge is 0.330 e. The van der Waals surface area contributed by atoms with Crippen LogP contribution in [0.4, 0.5) is 0 Å². The summed E-state index contributed by atoms with van der Waals surface area (Å²) < 4.78 is 0. The fourth-order valence-electron chi connectivity index (χ4n) is 3.57. The summed E-state index contributed by atoms with van der Waals surface area (Å²) in [4.78, 5) is 0. The lowest BCUT2D eigenvalue weighted by Gasteiger charge is -2.18. The first kappa shape index (κ1) is 16.0. The fraction of sp³-hybridized carbons (Fsp3) is 0.200. The normalized spacial score (nSPS) is 12.8. The molecule has 4 aromatic rings. The summed E-state index contributed by atoms with van der Waals surface area (Å²) in [6.07, 6.45) is 1.89. The molecule has 3 heteroatoms. The molecule has 0 aliphatic carbocycles. The maximum atomic E-state index is 6.42. The molecule has 4 rings (SSSR count). The SMILES string of the molecule is Cl.NCCC[C@H](N)c1ccc2ccc3cccc4ccc1c2c34. The van der Waals surface area contributed by atoms with Gasteiger partial charge in [-0.05, 0) is 57.3 Å². The van der Waals surface area contributed by atoms with E-state index in [0.717, 1.165) is 12.8 Å². The van der Waals surface area contributed by atoms with Crippen molar-refractivity contribution in [3.8, 4) is 0 Å². The molecule has 4 N–H and O–H groups in total. The lowest BCUT2D eigenvalue weighted by atomic mass is 9.89. The number of hydrogen-bond donors (Lipinski definition) is 2. The Hall–Kier alpha value is -1.87. The molecular formula is C20H21ClN2. The van der Waals surface area contributed by atoms with E-state index in [2.05, 4.69) is 54.6 Å². The Morgan fingerprint density at radius 3 is 2.09 bits per heavy atom. The first-order valence-corrected chi connectivity index (χ1v) is 7.91. The zero-order valence-corrected chi connectivity index (χ0v) is 13.8. The molecule has 23 heavy (non-hydrogen) atoms. The molecule has 0 aliphatic heterocycles. The first-order chi connectivity index (χ1) is 10.8. The van der Waals surface area contributed by atoms with E-state index in [4.69, 9.17) is 11.5 Å². The smallest absolute Gasteiger partial charge is 0.0301 e. The second-order valence-electron chi connectivity index (χ2n) is 6.05. The first-order valence-electron chi connectivity index (χ1n) is 7.91. The minimum atomic E-state index is 0. The van der Waals surface area contributed by atoms with Crippen molar-refractivity contribution in [3.05, 3.63) is 60.2 Å². The van der Waals surface area contributed by atoms with Gasteiger partial charge in [-0.3, -0.25) is 0 Å². The molecular weight excluding hydrogens is 304 g/mol. The summed E-state index contributed by atoms with van der Waals surface area (Å²) in [7, 11) is 0. The number of hydrogen-bond acceptors (Lipinski definition) is 2. The number of nitrogens with two attached hydrogens (primary N) is 2. The number of rotatable bonds is 4. The van der Waals surface area contributed by atoms with Crippen molar-refractivity contribution in [2.24, 2.45) is 11.5 Å². The van der Waals surface area contributed by atoms with Crippen LogP contribution in [0.15, 0.2) is 54.6 Å². The molecule has 0 amide bonds. The highest BCUT2D eigenvalue weighted by molar-refractivity contribution is 6.23. The molecule has 0 aromatic heterocycles. The summed E-state index contributed by atoms with van der Waals surface area (Å²) in [6, 6.07) is 19.8. The predicted octanol–water partition coefficient (Wildman–Crippen LogP) is 4.74. The van der Waals surface area contributed by atoms with Crippen LogP contribution in [0.3, 0.4) is 0 Å². The van der Waals surface area contributed by atoms with Gasteiger partial charge in [0.1, 0.15) is 0 Å². The van der Waals surface area contributed by atoms with Crippen LogP contribution in [-0.2, 0) is 0 Å². The van der Waals surface area contributed by atoms with Gasteiger partial charge >= 0.3 is 0 Å². The Labute approximate surface area is 142 Å². The molecule has 4 aromatic carbocycles. The second kappa shape index (κ2) is 6.32. The zero-order chi connectivity index (χ0) is 15.1. The van der Waals surface area contributed by atoms with E-state index in [1.807, 2.05) is 0 Å². The van der Waals surface area contributed by atoms with Crippen LogP contribution in [0.2, 0.25) is 0 Å². The van der Waals surface area contributed by atoms with Gasteiger partial charge in [0.15, 0.2) is 0 Å². The maximum Gasteiger partial charge on any atom is 0.0301 e. The summed E-state index contributed by atoms with van der Waals surface area (Å²) in [6.45, 7) is 0.694. The average molecular weight is 325 g/mol. The van der Waals surface area contributed by atoms with Gasteiger partial charge in [-0.15, -0.1) is 12.4 Å². The minimum absolute atomic E-state index is 0. The quantitative estimate of drug-likeness (QED) is 0.532. The molecule has 0 radical (unpaired) electrons. The average Bonchev–Trinajstić information content (AvgIpc) is 2.57. The molecule has 2 nitrogen and oxygen atoms in total. The van der Waals surface area contributed by atoms with E-state index in [1.54, 1.807) is 0 Å². The van der Waals surface area contributed by atoms with Gasteiger partial charge in [-0.2, -0.15) is 0 Å². The Balaban J connectivity index is 0.00000156. The van der Waals surface area contributed by atoms with Crippen LogP contribution in [0.25, 0.3) is 32.3 Å². The maximum absolute atomic E-state index is 6.42. The molecule has 0 saturated heterocycles. The summed E-state index contributed by atoms with van der Waals surface area (Å²) >= 11 is 0. The van der Waals surface area contributed by atoms with Crippen molar-refractivity contribution >= 4 is 44.7 Å². The van der Waals surface area contributed by atoms with Crippen molar-refractivity contribution in [1.82, 2.24) is 0 Å². The lowest BCUT2D eigenvalue weighted by molar-refractivity contribution is 0.622. The third-order valence-corrected chi connectivity index (χ3v) is 4.68. The van der Waals surface area contributed by atoms with Crippen LogP contribution >= 0.6 is 12.4 Å². The molecule has 0 spiro atoms. The zero-order valence-electron chi connectivity index (χ0n) is 13.0. The van der Waals surface area contributed by atoms with E-state index in [9.17, 15) is 0 Å². The van der Waals surface area contributed by atoms with Crippen molar-refractivity contribution in [2.75, 3.05) is 6.54 Å². The number of halogens is 1. The third-order valence-electron chi connectivity index (χ3n) is 4.68.